The topological polar surface area (TPSA) is 71.1 Å². The molecule has 1 aliphatic rings. The first-order valence-electron chi connectivity index (χ1n) is 5.76. The Morgan fingerprint density at radius 1 is 1.47 bits per heavy atom. The number of nitrogens with one attached hydrogen (secondary N) is 2. The van der Waals surface area contributed by atoms with Gasteiger partial charge in [0.1, 0.15) is 5.75 Å². The van der Waals surface area contributed by atoms with Gasteiger partial charge >= 0.3 is 0 Å². The summed E-state index contributed by atoms with van der Waals surface area (Å²) in [5.41, 5.74) is 0.569. The van der Waals surface area contributed by atoms with E-state index >= 15 is 0 Å². The summed E-state index contributed by atoms with van der Waals surface area (Å²) in [5.74, 6) is -0.0550. The number of aromatic nitrogens is 1. The van der Waals surface area contributed by atoms with Crippen LogP contribution in [0.2, 0.25) is 0 Å². The van der Waals surface area contributed by atoms with E-state index in [1.54, 1.807) is 24.4 Å². The van der Waals surface area contributed by atoms with Crippen molar-refractivity contribution < 1.29 is 8.42 Å². The van der Waals surface area contributed by atoms with Crippen LogP contribution in [0.4, 0.5) is 0 Å². The lowest BCUT2D eigenvalue weighted by Gasteiger charge is -2.11. The molecule has 0 unspecified atom stereocenters. The molecule has 0 radical (unpaired) electrons. The van der Waals surface area contributed by atoms with Gasteiger partial charge < -0.3 is 5.32 Å². The molecule has 0 spiro atoms. The highest BCUT2D eigenvalue weighted by atomic mass is 32.2. The Labute approximate surface area is 102 Å². The Balaban J connectivity index is 1.86. The highest BCUT2D eigenvalue weighted by molar-refractivity contribution is 7.88. The van der Waals surface area contributed by atoms with Crippen molar-refractivity contribution in [3.63, 3.8) is 0 Å². The van der Waals surface area contributed by atoms with Crippen LogP contribution in [0.5, 0.6) is 0 Å². The van der Waals surface area contributed by atoms with Crippen molar-refractivity contribution in [2.75, 3.05) is 13.1 Å². The lowest BCUT2D eigenvalue weighted by atomic mass is 10.2. The van der Waals surface area contributed by atoms with Crippen LogP contribution in [-0.2, 0) is 15.8 Å². The molecule has 0 amide bonds. The second-order valence-corrected chi connectivity index (χ2v) is 6.03. The van der Waals surface area contributed by atoms with Crippen molar-refractivity contribution in [1.82, 2.24) is 15.0 Å². The Hall–Kier alpha value is -0.980. The highest BCUT2D eigenvalue weighted by Crippen LogP contribution is 2.05. The van der Waals surface area contributed by atoms with Crippen molar-refractivity contribution in [3.8, 4) is 0 Å². The van der Waals surface area contributed by atoms with Crippen LogP contribution in [0.25, 0.3) is 0 Å². The van der Waals surface area contributed by atoms with Gasteiger partial charge in [-0.05, 0) is 31.5 Å². The first-order chi connectivity index (χ1) is 8.16. The van der Waals surface area contributed by atoms with Crippen molar-refractivity contribution in [3.05, 3.63) is 30.1 Å². The van der Waals surface area contributed by atoms with E-state index in [0.717, 1.165) is 19.4 Å². The van der Waals surface area contributed by atoms with Crippen LogP contribution >= 0.6 is 0 Å². The van der Waals surface area contributed by atoms with Crippen LogP contribution in [0.3, 0.4) is 0 Å². The molecular formula is C11H17N3O2S. The third kappa shape index (κ3) is 4.07. The monoisotopic (exact) mass is 255 g/mol. The van der Waals surface area contributed by atoms with Crippen molar-refractivity contribution >= 4 is 10.0 Å². The first-order valence-corrected chi connectivity index (χ1v) is 7.41. The summed E-state index contributed by atoms with van der Waals surface area (Å²) >= 11 is 0. The summed E-state index contributed by atoms with van der Waals surface area (Å²) in [4.78, 5) is 4.01. The van der Waals surface area contributed by atoms with E-state index in [-0.39, 0.29) is 11.8 Å². The van der Waals surface area contributed by atoms with Crippen LogP contribution in [0.1, 0.15) is 18.5 Å². The second-order valence-electron chi connectivity index (χ2n) is 4.22. The van der Waals surface area contributed by atoms with Gasteiger partial charge in [-0.3, -0.25) is 4.98 Å². The number of sulfonamides is 1. The van der Waals surface area contributed by atoms with E-state index < -0.39 is 10.0 Å². The maximum atomic E-state index is 11.8. The Kier molecular flexibility index (Phi) is 4.09. The first kappa shape index (κ1) is 12.5. The molecule has 1 aliphatic heterocycles. The minimum Gasteiger partial charge on any atom is -0.313 e. The standard InChI is InChI=1S/C11H17N3O2S/c15-17(16,9-11-4-1-2-6-13-11)14-8-10-5-3-7-12-10/h1-2,4,6,10,12,14H,3,5,7-9H2/t10-/m1/s1. The van der Waals surface area contributed by atoms with E-state index in [1.165, 1.54) is 0 Å². The van der Waals surface area contributed by atoms with Crippen LogP contribution in [0.15, 0.2) is 24.4 Å². The zero-order valence-corrected chi connectivity index (χ0v) is 10.4. The van der Waals surface area contributed by atoms with Crippen molar-refractivity contribution in [1.29, 1.82) is 0 Å². The number of pyridine rings is 1. The van der Waals surface area contributed by atoms with E-state index in [0.29, 0.717) is 12.2 Å². The molecule has 1 aromatic rings. The van der Waals surface area contributed by atoms with E-state index in [2.05, 4.69) is 15.0 Å². The molecule has 1 atom stereocenters. The van der Waals surface area contributed by atoms with Crippen LogP contribution in [-0.4, -0.2) is 32.5 Å². The predicted octanol–water partition coefficient (Wildman–Crippen LogP) is 0.253. The number of rotatable bonds is 5. The average molecular weight is 255 g/mol. The van der Waals surface area contributed by atoms with Crippen molar-refractivity contribution in [2.45, 2.75) is 24.6 Å². The zero-order valence-electron chi connectivity index (χ0n) is 9.59. The Morgan fingerprint density at radius 2 is 2.35 bits per heavy atom. The predicted molar refractivity (Wildman–Crippen MR) is 65.9 cm³/mol. The largest absolute Gasteiger partial charge is 0.313 e. The van der Waals surface area contributed by atoms with Gasteiger partial charge in [-0.1, -0.05) is 6.07 Å². The molecule has 6 heteroatoms. The molecule has 1 saturated heterocycles. The highest BCUT2D eigenvalue weighted by Gasteiger charge is 2.18. The molecule has 0 bridgehead atoms. The summed E-state index contributed by atoms with van der Waals surface area (Å²) in [7, 11) is -3.27. The van der Waals surface area contributed by atoms with Gasteiger partial charge in [-0.25, -0.2) is 13.1 Å². The van der Waals surface area contributed by atoms with Crippen LogP contribution in [0, 0.1) is 0 Å². The Morgan fingerprint density at radius 3 is 3.00 bits per heavy atom. The molecule has 2 heterocycles. The van der Waals surface area contributed by atoms with Gasteiger partial charge in [0.25, 0.3) is 0 Å². The molecule has 94 valence electrons. The minimum atomic E-state index is -3.27. The van der Waals surface area contributed by atoms with E-state index in [4.69, 9.17) is 0 Å². The fourth-order valence-corrected chi connectivity index (χ4v) is 3.01. The van der Waals surface area contributed by atoms with Gasteiger partial charge in [0.2, 0.25) is 10.0 Å². The summed E-state index contributed by atoms with van der Waals surface area (Å²) in [6.07, 6.45) is 3.75. The molecule has 2 N–H and O–H groups in total. The average Bonchev–Trinajstić information content (AvgIpc) is 2.80. The van der Waals surface area contributed by atoms with Gasteiger partial charge in [0.15, 0.2) is 0 Å². The van der Waals surface area contributed by atoms with Crippen LogP contribution < -0.4 is 10.0 Å². The lowest BCUT2D eigenvalue weighted by molar-refractivity contribution is 0.550. The smallest absolute Gasteiger partial charge is 0.217 e. The quantitative estimate of drug-likeness (QED) is 0.791. The summed E-state index contributed by atoms with van der Waals surface area (Å²) in [5, 5.41) is 3.25. The normalized spacial score (nSPS) is 20.6. The van der Waals surface area contributed by atoms with Gasteiger partial charge in [0, 0.05) is 18.8 Å². The third-order valence-corrected chi connectivity index (χ3v) is 4.06. The molecule has 1 fully saturated rings. The summed E-state index contributed by atoms with van der Waals surface area (Å²) in [6.45, 7) is 1.45. The number of nitrogens with zero attached hydrogens (tertiary/aromatic N) is 1. The SMILES string of the molecule is O=S(=O)(Cc1ccccn1)NC[C@H]1CCCN1. The summed E-state index contributed by atoms with van der Waals surface area (Å²) in [6, 6.07) is 5.55. The minimum absolute atomic E-state index is 0.0550. The fraction of sp³-hybridized carbons (Fsp3) is 0.545. The maximum Gasteiger partial charge on any atom is 0.217 e. The maximum absolute atomic E-state index is 11.8. The molecule has 17 heavy (non-hydrogen) atoms. The molecular weight excluding hydrogens is 238 g/mol. The van der Waals surface area contributed by atoms with E-state index in [9.17, 15) is 8.42 Å². The summed E-state index contributed by atoms with van der Waals surface area (Å²) < 4.78 is 26.2. The second kappa shape index (κ2) is 5.57. The molecule has 0 aromatic carbocycles. The molecule has 2 rings (SSSR count). The number of hydrogen-bond donors (Lipinski definition) is 2. The van der Waals surface area contributed by atoms with E-state index in [1.807, 2.05) is 0 Å². The lowest BCUT2D eigenvalue weighted by Crippen LogP contribution is -2.37. The van der Waals surface area contributed by atoms with Gasteiger partial charge in [0.05, 0.1) is 5.69 Å². The molecule has 1 aromatic heterocycles. The molecule has 5 nitrogen and oxygen atoms in total. The van der Waals surface area contributed by atoms with Gasteiger partial charge in [-0.2, -0.15) is 0 Å². The molecule has 0 aliphatic carbocycles. The number of hydrogen-bond acceptors (Lipinski definition) is 4. The fourth-order valence-electron chi connectivity index (χ4n) is 1.89. The third-order valence-electron chi connectivity index (χ3n) is 2.78. The molecule has 0 saturated carbocycles. The Bertz CT molecular complexity index is 441. The zero-order chi connectivity index (χ0) is 12.1. The van der Waals surface area contributed by atoms with Gasteiger partial charge in [-0.15, -0.1) is 0 Å². The van der Waals surface area contributed by atoms with Crippen molar-refractivity contribution in [2.24, 2.45) is 0 Å².